The van der Waals surface area contributed by atoms with Gasteiger partial charge in [0.2, 0.25) is 5.41 Å². The van der Waals surface area contributed by atoms with Crippen molar-refractivity contribution in [1.29, 1.82) is 0 Å². The maximum absolute atomic E-state index is 11.2. The largest absolute Gasteiger partial charge is 0.480 e. The van der Waals surface area contributed by atoms with Crippen molar-refractivity contribution < 1.29 is 24.6 Å². The molecule has 86 valence electrons. The zero-order valence-corrected chi connectivity index (χ0v) is 8.95. The zero-order valence-electron chi connectivity index (χ0n) is 8.95. The molecule has 0 amide bonds. The van der Waals surface area contributed by atoms with E-state index >= 15 is 0 Å². The van der Waals surface area contributed by atoms with E-state index in [0.29, 0.717) is 12.8 Å². The third-order valence-corrected chi connectivity index (χ3v) is 2.41. The lowest BCUT2D eigenvalue weighted by Gasteiger charge is -2.26. The molecule has 0 radical (unpaired) electrons. The maximum Gasteiger partial charge on any atom is 0.328 e. The van der Waals surface area contributed by atoms with Gasteiger partial charge in [-0.1, -0.05) is 20.3 Å². The Morgan fingerprint density at radius 1 is 1.13 bits per heavy atom. The maximum atomic E-state index is 11.2. The lowest BCUT2D eigenvalue weighted by atomic mass is 9.73. The van der Waals surface area contributed by atoms with Crippen molar-refractivity contribution in [2.45, 2.75) is 39.5 Å². The highest BCUT2D eigenvalue weighted by Gasteiger charge is 2.53. The summed E-state index contributed by atoms with van der Waals surface area (Å²) in [6.07, 6.45) is 1.03. The first-order chi connectivity index (χ1) is 7.01. The van der Waals surface area contributed by atoms with Gasteiger partial charge in [-0.15, -0.1) is 0 Å². The molecule has 1 aliphatic carbocycles. The summed E-state index contributed by atoms with van der Waals surface area (Å²) in [6, 6.07) is 0. The van der Waals surface area contributed by atoms with Gasteiger partial charge in [0.05, 0.1) is 0 Å². The topological polar surface area (TPSA) is 91.7 Å². The normalized spacial score (nSPS) is 18.7. The Hall–Kier alpha value is -1.39. The van der Waals surface area contributed by atoms with Crippen molar-refractivity contribution in [2.24, 2.45) is 5.41 Å². The molecule has 0 aromatic heterocycles. The van der Waals surface area contributed by atoms with Gasteiger partial charge in [0.1, 0.15) is 0 Å². The lowest BCUT2D eigenvalue weighted by molar-refractivity contribution is -0.170. The predicted octanol–water partition coefficient (Wildman–Crippen LogP) is 1.31. The van der Waals surface area contributed by atoms with Crippen LogP contribution in [-0.4, -0.2) is 27.9 Å². The van der Waals surface area contributed by atoms with Crippen LogP contribution in [0, 0.1) is 5.41 Å². The standard InChI is InChI=1S/C8H10O5.C2H6/c9-5-3-1-2-4-8(5,6(10)11)7(12)13;1-2/h1-4H2,(H,10,11)(H,12,13);1-2H3. The summed E-state index contributed by atoms with van der Waals surface area (Å²) in [5.41, 5.74) is -2.17. The van der Waals surface area contributed by atoms with E-state index in [0.717, 1.165) is 0 Å². The Morgan fingerprint density at radius 2 is 1.60 bits per heavy atom. The zero-order chi connectivity index (χ0) is 12.1. The summed E-state index contributed by atoms with van der Waals surface area (Å²) in [7, 11) is 0. The van der Waals surface area contributed by atoms with Crippen LogP contribution in [0.15, 0.2) is 0 Å². The first kappa shape index (κ1) is 13.6. The molecule has 0 aromatic rings. The fraction of sp³-hybridized carbons (Fsp3) is 0.700. The van der Waals surface area contributed by atoms with Crippen LogP contribution in [0.5, 0.6) is 0 Å². The highest BCUT2D eigenvalue weighted by atomic mass is 16.4. The molecule has 1 saturated carbocycles. The van der Waals surface area contributed by atoms with Gasteiger partial charge in [-0.25, -0.2) is 0 Å². The van der Waals surface area contributed by atoms with Crippen LogP contribution in [0.1, 0.15) is 39.5 Å². The van der Waals surface area contributed by atoms with Crippen molar-refractivity contribution in [3.8, 4) is 0 Å². The third kappa shape index (κ3) is 2.34. The van der Waals surface area contributed by atoms with E-state index in [-0.39, 0.29) is 12.8 Å². The van der Waals surface area contributed by atoms with E-state index < -0.39 is 23.1 Å². The molecular formula is C10H16O5. The van der Waals surface area contributed by atoms with Crippen LogP contribution in [0.25, 0.3) is 0 Å². The number of carboxylic acid groups (broad SMARTS) is 2. The minimum absolute atomic E-state index is 0.0542. The first-order valence-corrected chi connectivity index (χ1v) is 5.02. The smallest absolute Gasteiger partial charge is 0.328 e. The molecule has 2 N–H and O–H groups in total. The molecule has 0 saturated heterocycles. The van der Waals surface area contributed by atoms with Crippen LogP contribution < -0.4 is 0 Å². The summed E-state index contributed by atoms with van der Waals surface area (Å²) in [5, 5.41) is 17.5. The van der Waals surface area contributed by atoms with Gasteiger partial charge in [-0.05, 0) is 12.8 Å². The molecule has 0 aromatic carbocycles. The minimum Gasteiger partial charge on any atom is -0.480 e. The molecule has 5 nitrogen and oxygen atoms in total. The fourth-order valence-electron chi connectivity index (χ4n) is 1.57. The van der Waals surface area contributed by atoms with Gasteiger partial charge in [0, 0.05) is 6.42 Å². The average Bonchev–Trinajstić information content (AvgIpc) is 2.20. The van der Waals surface area contributed by atoms with Gasteiger partial charge in [0.25, 0.3) is 0 Å². The van der Waals surface area contributed by atoms with Gasteiger partial charge < -0.3 is 10.2 Å². The predicted molar refractivity (Wildman–Crippen MR) is 52.5 cm³/mol. The molecule has 0 atom stereocenters. The number of rotatable bonds is 2. The molecule has 15 heavy (non-hydrogen) atoms. The molecule has 0 bridgehead atoms. The van der Waals surface area contributed by atoms with Gasteiger partial charge in [-0.3, -0.25) is 14.4 Å². The summed E-state index contributed by atoms with van der Waals surface area (Å²) >= 11 is 0. The Labute approximate surface area is 88.1 Å². The van der Waals surface area contributed by atoms with Gasteiger partial charge in [0.15, 0.2) is 5.78 Å². The SMILES string of the molecule is CC.O=C(O)C1(C(=O)O)CCCCC1=O. The number of hydrogen-bond acceptors (Lipinski definition) is 3. The average molecular weight is 216 g/mol. The number of carbonyl (C=O) groups excluding carboxylic acids is 1. The van der Waals surface area contributed by atoms with E-state index in [4.69, 9.17) is 10.2 Å². The highest BCUT2D eigenvalue weighted by molar-refractivity contribution is 6.19. The van der Waals surface area contributed by atoms with Crippen LogP contribution in [0.4, 0.5) is 0 Å². The van der Waals surface area contributed by atoms with Crippen LogP contribution in [0.2, 0.25) is 0 Å². The Morgan fingerprint density at radius 3 is 1.87 bits per heavy atom. The lowest BCUT2D eigenvalue weighted by Crippen LogP contribution is -2.48. The van der Waals surface area contributed by atoms with Crippen molar-refractivity contribution in [3.05, 3.63) is 0 Å². The molecule has 1 rings (SSSR count). The first-order valence-electron chi connectivity index (χ1n) is 5.02. The van der Waals surface area contributed by atoms with E-state index in [2.05, 4.69) is 0 Å². The van der Waals surface area contributed by atoms with Crippen LogP contribution in [0.3, 0.4) is 0 Å². The van der Waals surface area contributed by atoms with Gasteiger partial charge >= 0.3 is 11.9 Å². The quantitative estimate of drug-likeness (QED) is 0.679. The molecule has 1 fully saturated rings. The van der Waals surface area contributed by atoms with Crippen molar-refractivity contribution in [2.75, 3.05) is 0 Å². The van der Waals surface area contributed by atoms with Crippen LogP contribution >= 0.6 is 0 Å². The Kier molecular flexibility index (Phi) is 4.97. The minimum atomic E-state index is -2.17. The molecule has 1 aliphatic rings. The van der Waals surface area contributed by atoms with E-state index in [1.54, 1.807) is 0 Å². The number of ketones is 1. The van der Waals surface area contributed by atoms with Crippen molar-refractivity contribution >= 4 is 17.7 Å². The van der Waals surface area contributed by atoms with Crippen molar-refractivity contribution in [1.82, 2.24) is 0 Å². The highest BCUT2D eigenvalue weighted by Crippen LogP contribution is 2.33. The summed E-state index contributed by atoms with van der Waals surface area (Å²) in [4.78, 5) is 32.7. The molecule has 0 aliphatic heterocycles. The van der Waals surface area contributed by atoms with E-state index in [9.17, 15) is 14.4 Å². The Bertz CT molecular complexity index is 255. The van der Waals surface area contributed by atoms with E-state index in [1.165, 1.54) is 0 Å². The number of Topliss-reactive ketones (excluding diaryl/α,β-unsaturated/α-hetero) is 1. The number of carboxylic acids is 2. The fourth-order valence-corrected chi connectivity index (χ4v) is 1.57. The van der Waals surface area contributed by atoms with E-state index in [1.807, 2.05) is 13.8 Å². The third-order valence-electron chi connectivity index (χ3n) is 2.41. The second-order valence-electron chi connectivity index (χ2n) is 3.15. The summed E-state index contributed by atoms with van der Waals surface area (Å²) in [6.45, 7) is 4.00. The second-order valence-corrected chi connectivity index (χ2v) is 3.15. The second kappa shape index (κ2) is 5.48. The number of carbonyl (C=O) groups is 3. The number of hydrogen-bond donors (Lipinski definition) is 2. The van der Waals surface area contributed by atoms with Crippen LogP contribution in [-0.2, 0) is 14.4 Å². The summed E-state index contributed by atoms with van der Waals surface area (Å²) in [5.74, 6) is -3.76. The summed E-state index contributed by atoms with van der Waals surface area (Å²) < 4.78 is 0. The molecule has 0 heterocycles. The molecular weight excluding hydrogens is 200 g/mol. The molecule has 5 heteroatoms. The molecule has 0 spiro atoms. The Balaban J connectivity index is 0.000000921. The number of aliphatic carboxylic acids is 2. The molecule has 0 unspecified atom stereocenters. The van der Waals surface area contributed by atoms with Crippen molar-refractivity contribution in [3.63, 3.8) is 0 Å². The van der Waals surface area contributed by atoms with Gasteiger partial charge in [-0.2, -0.15) is 0 Å². The monoisotopic (exact) mass is 216 g/mol.